The topological polar surface area (TPSA) is 4.93 Å². The second kappa shape index (κ2) is 9.97. The van der Waals surface area contributed by atoms with Crippen molar-refractivity contribution in [2.24, 2.45) is 0 Å². The van der Waals surface area contributed by atoms with Crippen LogP contribution in [-0.2, 0) is 0 Å². The van der Waals surface area contributed by atoms with E-state index in [1.165, 1.54) is 149 Å². The number of rotatable bonds is 0. The molecule has 3 aliphatic heterocycles. The fourth-order valence-electron chi connectivity index (χ4n) is 11.1. The molecule has 0 radical (unpaired) electrons. The van der Waals surface area contributed by atoms with Gasteiger partial charge in [-0.1, -0.05) is 81.5 Å². The van der Waals surface area contributed by atoms with Crippen LogP contribution >= 0.6 is 0 Å². The Morgan fingerprint density at radius 2 is 0.882 bits per heavy atom. The monoisotopic (exact) mass is 657 g/mol. The number of benzene rings is 6. The van der Waals surface area contributed by atoms with Crippen LogP contribution in [0.25, 0.3) is 49.7 Å². The van der Waals surface area contributed by atoms with Gasteiger partial charge in [0.25, 0.3) is 0 Å². The predicted octanol–water partition coefficient (Wildman–Crippen LogP) is 7.79. The molecule has 3 aliphatic rings. The van der Waals surface area contributed by atoms with E-state index in [-0.39, 0.29) is 13.4 Å². The molecule has 0 spiro atoms. The Labute approximate surface area is 303 Å². The van der Waals surface area contributed by atoms with Gasteiger partial charge in [0.05, 0.1) is 5.52 Å². The molecule has 7 aromatic rings. The largest absolute Gasteiger partial charge is 0.310 e. The molecule has 4 heterocycles. The van der Waals surface area contributed by atoms with Gasteiger partial charge in [0.2, 0.25) is 13.4 Å². The summed E-state index contributed by atoms with van der Waals surface area (Å²) in [6.07, 6.45) is 0. The van der Waals surface area contributed by atoms with Crippen LogP contribution < -0.4 is 32.8 Å². The van der Waals surface area contributed by atoms with Crippen LogP contribution in [0.4, 0.5) is 0 Å². The maximum Gasteiger partial charge on any atom is 0.245 e. The Hall–Kier alpha value is -4.75. The lowest BCUT2D eigenvalue weighted by atomic mass is 9.30. The smallest absolute Gasteiger partial charge is 0.245 e. The SMILES string of the molecule is Cc1c(C)c(C)c2c(c1C)B1c3ccccc3-n3c4c5c(ccc4c4c(C)c(C)c(C)c(C)c43)-c3c(C)c(C)c(C)c(C)c3B5c3cccc-2c31. The van der Waals surface area contributed by atoms with Gasteiger partial charge in [0.15, 0.2) is 0 Å². The van der Waals surface area contributed by atoms with Gasteiger partial charge < -0.3 is 4.57 Å². The van der Waals surface area contributed by atoms with Gasteiger partial charge in [-0.2, -0.15) is 0 Å². The summed E-state index contributed by atoms with van der Waals surface area (Å²) in [6, 6.07) is 21.7. The fraction of sp³-hybridized carbons (Fsp3) is 0.250. The first kappa shape index (κ1) is 31.0. The molecule has 3 heteroatoms. The van der Waals surface area contributed by atoms with Crippen molar-refractivity contribution in [3.63, 3.8) is 0 Å². The van der Waals surface area contributed by atoms with Gasteiger partial charge in [-0.05, 0) is 178 Å². The first-order chi connectivity index (χ1) is 24.4. The Bertz CT molecular complexity index is 2830. The van der Waals surface area contributed by atoms with Crippen molar-refractivity contribution in [1.82, 2.24) is 4.57 Å². The second-order valence-electron chi connectivity index (χ2n) is 16.3. The van der Waals surface area contributed by atoms with Crippen molar-refractivity contribution in [1.29, 1.82) is 0 Å². The molecule has 0 saturated heterocycles. The molecule has 1 aromatic heterocycles. The summed E-state index contributed by atoms with van der Waals surface area (Å²) in [7, 11) is 0. The molecule has 1 nitrogen and oxygen atoms in total. The van der Waals surface area contributed by atoms with Crippen molar-refractivity contribution >= 4 is 68.0 Å². The van der Waals surface area contributed by atoms with Crippen molar-refractivity contribution in [2.75, 3.05) is 0 Å². The molecular formula is C48H45B2N. The Morgan fingerprint density at radius 3 is 1.53 bits per heavy atom. The highest BCUT2D eigenvalue weighted by molar-refractivity contribution is 7.08. The first-order valence-corrected chi connectivity index (χ1v) is 18.9. The fourth-order valence-corrected chi connectivity index (χ4v) is 11.1. The third kappa shape index (κ3) is 3.42. The highest BCUT2D eigenvalue weighted by Gasteiger charge is 2.47. The zero-order valence-corrected chi connectivity index (χ0v) is 32.3. The van der Waals surface area contributed by atoms with Crippen LogP contribution in [0.2, 0.25) is 0 Å². The maximum atomic E-state index is 2.74. The molecule has 0 unspecified atom stereocenters. The quantitative estimate of drug-likeness (QED) is 0.147. The van der Waals surface area contributed by atoms with Crippen LogP contribution in [0, 0.1) is 83.1 Å². The van der Waals surface area contributed by atoms with Gasteiger partial charge >= 0.3 is 0 Å². The average molecular weight is 658 g/mol. The highest BCUT2D eigenvalue weighted by atomic mass is 15.0. The number of nitrogens with zero attached hydrogens (tertiary/aromatic N) is 1. The van der Waals surface area contributed by atoms with E-state index in [0.29, 0.717) is 0 Å². The molecule has 0 aliphatic carbocycles. The van der Waals surface area contributed by atoms with E-state index in [1.54, 1.807) is 0 Å². The van der Waals surface area contributed by atoms with Crippen molar-refractivity contribution in [3.05, 3.63) is 121 Å². The first-order valence-electron chi connectivity index (χ1n) is 18.9. The maximum absolute atomic E-state index is 2.74. The summed E-state index contributed by atoms with van der Waals surface area (Å²) in [6.45, 7) is 28.5. The van der Waals surface area contributed by atoms with E-state index in [2.05, 4.69) is 142 Å². The molecule has 0 fully saturated rings. The van der Waals surface area contributed by atoms with Crippen LogP contribution in [0.5, 0.6) is 0 Å². The van der Waals surface area contributed by atoms with Gasteiger partial charge in [-0.3, -0.25) is 0 Å². The molecular weight excluding hydrogens is 612 g/mol. The standard InChI is InChI=1S/C48H45B2N/c1-22-25(4)31(10)43-40(28(22)7)34-16-15-18-38-45(34)49(43)37-17-13-14-19-39(37)51-47-33(12)27(6)24(3)30(9)42(47)36-21-20-35-41-29(8)23(2)26(5)32(11)44(41)50(38)46(35)48(36)51/h13-21H,1-12H3. The van der Waals surface area contributed by atoms with E-state index < -0.39 is 0 Å². The Kier molecular flexibility index (Phi) is 6.07. The summed E-state index contributed by atoms with van der Waals surface area (Å²) in [4.78, 5) is 0. The summed E-state index contributed by atoms with van der Waals surface area (Å²) >= 11 is 0. The number of para-hydroxylation sites is 1. The van der Waals surface area contributed by atoms with Gasteiger partial charge in [-0.15, -0.1) is 0 Å². The van der Waals surface area contributed by atoms with Crippen LogP contribution in [-0.4, -0.2) is 18.0 Å². The van der Waals surface area contributed by atoms with E-state index >= 15 is 0 Å². The van der Waals surface area contributed by atoms with E-state index in [1.807, 2.05) is 0 Å². The molecule has 10 rings (SSSR count). The summed E-state index contributed by atoms with van der Waals surface area (Å²) < 4.78 is 2.74. The van der Waals surface area contributed by atoms with Crippen LogP contribution in [0.3, 0.4) is 0 Å². The van der Waals surface area contributed by atoms with Gasteiger partial charge in [-0.25, -0.2) is 0 Å². The van der Waals surface area contributed by atoms with Gasteiger partial charge in [0, 0.05) is 22.0 Å². The lowest BCUT2D eigenvalue weighted by Crippen LogP contribution is -2.62. The minimum Gasteiger partial charge on any atom is -0.310 e. The molecule has 248 valence electrons. The number of hydrogen-bond donors (Lipinski definition) is 0. The molecule has 0 bridgehead atoms. The zero-order valence-electron chi connectivity index (χ0n) is 32.3. The third-order valence-corrected chi connectivity index (χ3v) is 14.7. The number of aryl methyl sites for hydroxylation is 2. The third-order valence-electron chi connectivity index (χ3n) is 14.7. The highest BCUT2D eigenvalue weighted by Crippen LogP contribution is 2.43. The number of hydrogen-bond acceptors (Lipinski definition) is 0. The molecule has 0 amide bonds. The minimum absolute atomic E-state index is 0.131. The Balaban J connectivity index is 1.54. The van der Waals surface area contributed by atoms with Crippen molar-refractivity contribution in [3.8, 4) is 27.9 Å². The van der Waals surface area contributed by atoms with E-state index in [0.717, 1.165) is 0 Å². The van der Waals surface area contributed by atoms with E-state index in [4.69, 9.17) is 0 Å². The average Bonchev–Trinajstić information content (AvgIpc) is 3.79. The molecule has 0 atom stereocenters. The van der Waals surface area contributed by atoms with Crippen LogP contribution in [0.1, 0.15) is 66.8 Å². The molecule has 51 heavy (non-hydrogen) atoms. The van der Waals surface area contributed by atoms with Crippen molar-refractivity contribution in [2.45, 2.75) is 83.1 Å². The van der Waals surface area contributed by atoms with Crippen LogP contribution in [0.15, 0.2) is 54.6 Å². The minimum atomic E-state index is 0.131. The van der Waals surface area contributed by atoms with Crippen molar-refractivity contribution < 1.29 is 0 Å². The summed E-state index contributed by atoms with van der Waals surface area (Å²) in [5.74, 6) is 0. The Morgan fingerprint density at radius 1 is 0.373 bits per heavy atom. The lowest BCUT2D eigenvalue weighted by Gasteiger charge is -2.23. The number of fused-ring (bicyclic) bond motifs is 13. The normalized spacial score (nSPS) is 13.4. The summed E-state index contributed by atoms with van der Waals surface area (Å²) in [5.41, 5.74) is 35.9. The number of aromatic nitrogens is 1. The lowest BCUT2D eigenvalue weighted by molar-refractivity contribution is 1.16. The van der Waals surface area contributed by atoms with Gasteiger partial charge in [0.1, 0.15) is 0 Å². The summed E-state index contributed by atoms with van der Waals surface area (Å²) in [5, 5.41) is 2.80. The second-order valence-corrected chi connectivity index (χ2v) is 16.3. The van der Waals surface area contributed by atoms with E-state index in [9.17, 15) is 0 Å². The molecule has 0 saturated carbocycles. The predicted molar refractivity (Wildman–Crippen MR) is 224 cm³/mol. The zero-order chi connectivity index (χ0) is 35.7. The molecule has 0 N–H and O–H groups in total. The molecule has 6 aromatic carbocycles.